The average Bonchev–Trinajstić information content (AvgIpc) is 2.74. The molecule has 3 aromatic rings. The number of nitro groups is 1. The molecule has 3 rings (SSSR count). The Bertz CT molecular complexity index is 1100. The molecule has 0 radical (unpaired) electrons. The number of rotatable bonds is 8. The second-order valence-corrected chi connectivity index (χ2v) is 9.01. The van der Waals surface area contributed by atoms with Gasteiger partial charge in [-0.3, -0.25) is 10.1 Å². The zero-order valence-corrected chi connectivity index (χ0v) is 17.6. The van der Waals surface area contributed by atoms with Gasteiger partial charge in [0.15, 0.2) is 0 Å². The molecule has 0 saturated heterocycles. The summed E-state index contributed by atoms with van der Waals surface area (Å²) >= 11 is 0. The molecule has 0 amide bonds. The number of benzene rings is 3. The van der Waals surface area contributed by atoms with Gasteiger partial charge in [-0.25, -0.2) is 8.42 Å². The fourth-order valence-corrected chi connectivity index (χ4v) is 4.42. The lowest BCUT2D eigenvalue weighted by Crippen LogP contribution is -2.30. The van der Waals surface area contributed by atoms with E-state index < -0.39 is 14.9 Å². The lowest BCUT2D eigenvalue weighted by molar-refractivity contribution is -0.384. The summed E-state index contributed by atoms with van der Waals surface area (Å²) in [6.45, 7) is 0.373. The van der Waals surface area contributed by atoms with Crippen molar-refractivity contribution in [1.29, 1.82) is 0 Å². The highest BCUT2D eigenvalue weighted by molar-refractivity contribution is 7.89. The first kappa shape index (κ1) is 21.5. The molecule has 156 valence electrons. The molecular formula is C22H23N3O4S. The Morgan fingerprint density at radius 3 is 1.83 bits per heavy atom. The van der Waals surface area contributed by atoms with Gasteiger partial charge >= 0.3 is 0 Å². The second-order valence-electron chi connectivity index (χ2n) is 7.07. The Morgan fingerprint density at radius 1 is 0.800 bits per heavy atom. The molecule has 0 bridgehead atoms. The van der Waals surface area contributed by atoms with Crippen LogP contribution in [0, 0.1) is 10.1 Å². The van der Waals surface area contributed by atoms with Gasteiger partial charge in [-0.1, -0.05) is 42.5 Å². The first-order valence-corrected chi connectivity index (χ1v) is 10.8. The molecule has 0 spiro atoms. The van der Waals surface area contributed by atoms with Crippen molar-refractivity contribution < 1.29 is 13.3 Å². The van der Waals surface area contributed by atoms with Crippen molar-refractivity contribution in [3.05, 3.63) is 100 Å². The van der Waals surface area contributed by atoms with Crippen LogP contribution in [0.1, 0.15) is 11.1 Å². The highest BCUT2D eigenvalue weighted by Crippen LogP contribution is 2.24. The highest BCUT2D eigenvalue weighted by Gasteiger charge is 2.25. The molecule has 0 aliphatic carbocycles. The van der Waals surface area contributed by atoms with Crippen LogP contribution in [0.5, 0.6) is 0 Å². The van der Waals surface area contributed by atoms with Crippen molar-refractivity contribution >= 4 is 21.4 Å². The van der Waals surface area contributed by atoms with E-state index in [0.717, 1.165) is 16.8 Å². The molecule has 0 saturated carbocycles. The topological polar surface area (TPSA) is 83.8 Å². The Hall–Kier alpha value is -3.23. The quantitative estimate of drug-likeness (QED) is 0.402. The van der Waals surface area contributed by atoms with E-state index in [1.165, 1.54) is 28.6 Å². The van der Waals surface area contributed by atoms with E-state index in [1.807, 2.05) is 73.6 Å². The minimum atomic E-state index is -3.87. The van der Waals surface area contributed by atoms with Gasteiger partial charge in [-0.15, -0.1) is 0 Å². The number of sulfonamides is 1. The summed E-state index contributed by atoms with van der Waals surface area (Å²) in [7, 11) is 0.0144. The molecule has 3 aromatic carbocycles. The molecule has 0 aliphatic rings. The maximum atomic E-state index is 13.3. The lowest BCUT2D eigenvalue weighted by atomic mass is 10.2. The van der Waals surface area contributed by atoms with Crippen molar-refractivity contribution in [2.75, 3.05) is 19.0 Å². The largest absolute Gasteiger partial charge is 0.378 e. The van der Waals surface area contributed by atoms with Crippen LogP contribution in [0.4, 0.5) is 11.4 Å². The summed E-state index contributed by atoms with van der Waals surface area (Å²) in [6, 6.07) is 22.0. The monoisotopic (exact) mass is 425 g/mol. The predicted molar refractivity (Wildman–Crippen MR) is 117 cm³/mol. The van der Waals surface area contributed by atoms with E-state index in [4.69, 9.17) is 0 Å². The third-order valence-corrected chi connectivity index (χ3v) is 6.50. The van der Waals surface area contributed by atoms with E-state index >= 15 is 0 Å². The Labute approximate surface area is 176 Å². The van der Waals surface area contributed by atoms with Crippen LogP contribution in [0.2, 0.25) is 0 Å². The van der Waals surface area contributed by atoms with Gasteiger partial charge in [-0.05, 0) is 35.4 Å². The fourth-order valence-electron chi connectivity index (χ4n) is 3.00. The minimum absolute atomic E-state index is 0.0222. The van der Waals surface area contributed by atoms with E-state index in [1.54, 1.807) is 0 Å². The van der Waals surface area contributed by atoms with Crippen molar-refractivity contribution in [2.45, 2.75) is 18.0 Å². The minimum Gasteiger partial charge on any atom is -0.378 e. The van der Waals surface area contributed by atoms with Gasteiger partial charge in [0.05, 0.1) is 9.82 Å². The van der Waals surface area contributed by atoms with E-state index in [9.17, 15) is 18.5 Å². The van der Waals surface area contributed by atoms with Crippen molar-refractivity contribution in [2.24, 2.45) is 0 Å². The van der Waals surface area contributed by atoms with Crippen LogP contribution in [0.3, 0.4) is 0 Å². The number of anilines is 1. The number of nitrogens with zero attached hydrogens (tertiary/aromatic N) is 3. The third-order valence-electron chi connectivity index (χ3n) is 4.70. The Morgan fingerprint density at radius 2 is 1.33 bits per heavy atom. The molecule has 0 aliphatic heterocycles. The summed E-state index contributed by atoms with van der Waals surface area (Å²) in [4.78, 5) is 12.3. The number of nitro benzene ring substituents is 1. The van der Waals surface area contributed by atoms with E-state index in [2.05, 4.69) is 0 Å². The van der Waals surface area contributed by atoms with Crippen LogP contribution in [0.25, 0.3) is 0 Å². The first-order chi connectivity index (χ1) is 14.3. The van der Waals surface area contributed by atoms with Gasteiger partial charge in [0, 0.05) is 45.0 Å². The predicted octanol–water partition coefficient (Wildman–Crippen LogP) is 4.05. The molecule has 0 heterocycles. The maximum Gasteiger partial charge on any atom is 0.269 e. The standard InChI is InChI=1S/C22H23N3O4S/c1-23(2)20-10-8-19(9-11-20)17-24(16-18-6-4-3-5-7-18)30(28,29)22-14-12-21(13-15-22)25(26)27/h3-15H,16-17H2,1-2H3. The molecule has 0 N–H and O–H groups in total. The van der Waals surface area contributed by atoms with Crippen molar-refractivity contribution in [3.8, 4) is 0 Å². The van der Waals surface area contributed by atoms with Crippen molar-refractivity contribution in [1.82, 2.24) is 4.31 Å². The highest BCUT2D eigenvalue weighted by atomic mass is 32.2. The van der Waals surface area contributed by atoms with Crippen LogP contribution >= 0.6 is 0 Å². The van der Waals surface area contributed by atoms with Gasteiger partial charge in [-0.2, -0.15) is 4.31 Å². The zero-order valence-electron chi connectivity index (χ0n) is 16.8. The van der Waals surface area contributed by atoms with Gasteiger partial charge in [0.25, 0.3) is 5.69 Å². The first-order valence-electron chi connectivity index (χ1n) is 9.32. The van der Waals surface area contributed by atoms with Crippen LogP contribution < -0.4 is 4.90 Å². The van der Waals surface area contributed by atoms with Crippen molar-refractivity contribution in [3.63, 3.8) is 0 Å². The summed E-state index contributed by atoms with van der Waals surface area (Å²) < 4.78 is 28.1. The smallest absolute Gasteiger partial charge is 0.269 e. The van der Waals surface area contributed by atoms with E-state index in [0.29, 0.717) is 0 Å². The van der Waals surface area contributed by atoms with Gasteiger partial charge < -0.3 is 4.90 Å². The summed E-state index contributed by atoms with van der Waals surface area (Å²) in [5.74, 6) is 0. The molecular weight excluding hydrogens is 402 g/mol. The summed E-state index contributed by atoms with van der Waals surface area (Å²) in [5, 5.41) is 10.9. The molecule has 0 aromatic heterocycles. The molecule has 0 atom stereocenters. The number of non-ortho nitro benzene ring substituents is 1. The Kier molecular flexibility index (Phi) is 6.49. The second kappa shape index (κ2) is 9.06. The van der Waals surface area contributed by atoms with Gasteiger partial charge in [0.2, 0.25) is 10.0 Å². The number of hydrogen-bond donors (Lipinski definition) is 0. The number of hydrogen-bond acceptors (Lipinski definition) is 5. The third kappa shape index (κ3) is 5.03. The maximum absolute atomic E-state index is 13.3. The fraction of sp³-hybridized carbons (Fsp3) is 0.182. The normalized spacial score (nSPS) is 11.4. The van der Waals surface area contributed by atoms with Crippen LogP contribution in [0.15, 0.2) is 83.8 Å². The Balaban J connectivity index is 1.94. The summed E-state index contributed by atoms with van der Waals surface area (Å²) in [6.07, 6.45) is 0. The summed E-state index contributed by atoms with van der Waals surface area (Å²) in [5.41, 5.74) is 2.57. The zero-order chi connectivity index (χ0) is 21.7. The molecule has 30 heavy (non-hydrogen) atoms. The van der Waals surface area contributed by atoms with Crippen LogP contribution in [-0.4, -0.2) is 31.7 Å². The lowest BCUT2D eigenvalue weighted by Gasteiger charge is -2.23. The van der Waals surface area contributed by atoms with Crippen LogP contribution in [-0.2, 0) is 23.1 Å². The molecule has 7 nitrogen and oxygen atoms in total. The average molecular weight is 426 g/mol. The SMILES string of the molecule is CN(C)c1ccc(CN(Cc2ccccc2)S(=O)(=O)c2ccc([N+](=O)[O-])cc2)cc1. The van der Waals surface area contributed by atoms with Gasteiger partial charge in [0.1, 0.15) is 0 Å². The molecule has 0 unspecified atom stereocenters. The van der Waals surface area contributed by atoms with E-state index in [-0.39, 0.29) is 23.7 Å². The molecule has 8 heteroatoms. The molecule has 0 fully saturated rings.